The first-order chi connectivity index (χ1) is 12.0. The molecule has 2 heterocycles. The summed E-state index contributed by atoms with van der Waals surface area (Å²) in [5, 5.41) is 7.87. The molecule has 1 saturated heterocycles. The number of nitrogens with zero attached hydrogens (tertiary/aromatic N) is 3. The lowest BCUT2D eigenvalue weighted by Crippen LogP contribution is -2.49. The summed E-state index contributed by atoms with van der Waals surface area (Å²) in [6, 6.07) is 8.77. The molecule has 1 aliphatic rings. The lowest BCUT2D eigenvalue weighted by Gasteiger charge is -2.37. The first kappa shape index (κ1) is 17.7. The van der Waals surface area contributed by atoms with Crippen LogP contribution in [-0.2, 0) is 24.7 Å². The van der Waals surface area contributed by atoms with Gasteiger partial charge in [-0.15, -0.1) is 0 Å². The van der Waals surface area contributed by atoms with E-state index in [1.165, 1.54) is 11.1 Å². The molecule has 1 atom stereocenters. The van der Waals surface area contributed by atoms with Crippen LogP contribution in [-0.4, -0.2) is 40.2 Å². The summed E-state index contributed by atoms with van der Waals surface area (Å²) in [6.45, 7) is 8.57. The number of carbonyl (C=O) groups excluding carboxylic acids is 1. The van der Waals surface area contributed by atoms with E-state index in [0.29, 0.717) is 6.42 Å². The van der Waals surface area contributed by atoms with Crippen molar-refractivity contribution in [2.24, 2.45) is 7.05 Å². The summed E-state index contributed by atoms with van der Waals surface area (Å²) in [7, 11) is 1.93. The van der Waals surface area contributed by atoms with Crippen molar-refractivity contribution in [1.82, 2.24) is 20.0 Å². The fraction of sp³-hybridized carbons (Fsp3) is 0.500. The minimum absolute atomic E-state index is 0.101. The third-order valence-corrected chi connectivity index (χ3v) is 5.32. The van der Waals surface area contributed by atoms with E-state index in [-0.39, 0.29) is 11.9 Å². The molecule has 1 aromatic carbocycles. The molecular weight excluding hydrogens is 312 g/mol. The van der Waals surface area contributed by atoms with Gasteiger partial charge < -0.3 is 10.2 Å². The van der Waals surface area contributed by atoms with E-state index in [1.54, 1.807) is 0 Å². The second kappa shape index (κ2) is 7.40. The first-order valence-electron chi connectivity index (χ1n) is 9.09. The van der Waals surface area contributed by atoms with Gasteiger partial charge in [-0.1, -0.05) is 31.2 Å². The van der Waals surface area contributed by atoms with Crippen LogP contribution < -0.4 is 5.32 Å². The maximum absolute atomic E-state index is 13.0. The molecule has 0 bridgehead atoms. The zero-order valence-electron chi connectivity index (χ0n) is 15.7. The number of amides is 1. The van der Waals surface area contributed by atoms with Crippen LogP contribution in [0.15, 0.2) is 24.3 Å². The van der Waals surface area contributed by atoms with E-state index in [9.17, 15) is 4.79 Å². The molecule has 0 radical (unpaired) electrons. The SMILES string of the molecule is CCc1ccc(C2CNCCN2C(=O)Cc2c(C)nn(C)c2C)cc1. The van der Waals surface area contributed by atoms with Crippen molar-refractivity contribution in [1.29, 1.82) is 0 Å². The minimum atomic E-state index is 0.101. The van der Waals surface area contributed by atoms with Crippen molar-refractivity contribution in [3.63, 3.8) is 0 Å². The Kier molecular flexibility index (Phi) is 5.23. The number of benzene rings is 1. The van der Waals surface area contributed by atoms with Gasteiger partial charge in [-0.25, -0.2) is 0 Å². The van der Waals surface area contributed by atoms with E-state index in [4.69, 9.17) is 0 Å². The normalized spacial score (nSPS) is 17.8. The molecule has 0 saturated carbocycles. The Morgan fingerprint density at radius 1 is 1.28 bits per heavy atom. The standard InChI is InChI=1S/C20H28N4O/c1-5-16-6-8-17(9-7-16)19-13-21-10-11-24(19)20(25)12-18-14(2)22-23(4)15(18)3/h6-9,19,21H,5,10-13H2,1-4H3. The third kappa shape index (κ3) is 3.61. The van der Waals surface area contributed by atoms with Crippen molar-refractivity contribution < 1.29 is 4.79 Å². The van der Waals surface area contributed by atoms with Crippen LogP contribution in [0.5, 0.6) is 0 Å². The summed E-state index contributed by atoms with van der Waals surface area (Å²) in [5.74, 6) is 0.185. The molecule has 1 aromatic heterocycles. The van der Waals surface area contributed by atoms with Gasteiger partial charge in [-0.2, -0.15) is 5.10 Å². The van der Waals surface area contributed by atoms with Crippen LogP contribution in [0.25, 0.3) is 0 Å². The molecule has 1 aliphatic heterocycles. The highest BCUT2D eigenvalue weighted by molar-refractivity contribution is 5.80. The quantitative estimate of drug-likeness (QED) is 0.929. The monoisotopic (exact) mass is 340 g/mol. The molecule has 0 aliphatic carbocycles. The second-order valence-corrected chi connectivity index (χ2v) is 6.85. The molecule has 5 nitrogen and oxygen atoms in total. The summed E-state index contributed by atoms with van der Waals surface area (Å²) in [4.78, 5) is 15.1. The van der Waals surface area contributed by atoms with Gasteiger partial charge >= 0.3 is 0 Å². The molecule has 1 amide bonds. The molecular formula is C20H28N4O. The summed E-state index contributed by atoms with van der Waals surface area (Å²) in [5.41, 5.74) is 5.62. The third-order valence-electron chi connectivity index (χ3n) is 5.32. The Hall–Kier alpha value is -2.14. The number of nitrogens with one attached hydrogen (secondary N) is 1. The number of rotatable bonds is 4. The minimum Gasteiger partial charge on any atom is -0.333 e. The van der Waals surface area contributed by atoms with Crippen LogP contribution in [0.3, 0.4) is 0 Å². The maximum atomic E-state index is 13.0. The van der Waals surface area contributed by atoms with Crippen LogP contribution in [0.4, 0.5) is 0 Å². The number of hydrogen-bond donors (Lipinski definition) is 1. The van der Waals surface area contributed by atoms with Gasteiger partial charge in [-0.3, -0.25) is 9.48 Å². The second-order valence-electron chi connectivity index (χ2n) is 6.85. The molecule has 1 fully saturated rings. The number of hydrogen-bond acceptors (Lipinski definition) is 3. The summed E-state index contributed by atoms with van der Waals surface area (Å²) >= 11 is 0. The van der Waals surface area contributed by atoms with Crippen molar-refractivity contribution in [3.8, 4) is 0 Å². The molecule has 3 rings (SSSR count). The predicted molar refractivity (Wildman–Crippen MR) is 99.5 cm³/mol. The van der Waals surface area contributed by atoms with Crippen LogP contribution >= 0.6 is 0 Å². The number of carbonyl (C=O) groups is 1. The summed E-state index contributed by atoms with van der Waals surface area (Å²) < 4.78 is 1.86. The van der Waals surface area contributed by atoms with Crippen LogP contribution in [0.1, 0.15) is 41.0 Å². The zero-order chi connectivity index (χ0) is 18.0. The first-order valence-corrected chi connectivity index (χ1v) is 9.09. The fourth-order valence-electron chi connectivity index (χ4n) is 3.60. The Morgan fingerprint density at radius 2 is 2.00 bits per heavy atom. The van der Waals surface area contributed by atoms with Crippen molar-refractivity contribution in [2.75, 3.05) is 19.6 Å². The van der Waals surface area contributed by atoms with Gasteiger partial charge in [0.15, 0.2) is 0 Å². The highest BCUT2D eigenvalue weighted by atomic mass is 16.2. The van der Waals surface area contributed by atoms with E-state index in [0.717, 1.165) is 43.0 Å². The number of aromatic nitrogens is 2. The average Bonchev–Trinajstić information content (AvgIpc) is 2.88. The van der Waals surface area contributed by atoms with Crippen molar-refractivity contribution >= 4 is 5.91 Å². The van der Waals surface area contributed by atoms with E-state index in [1.807, 2.05) is 30.5 Å². The van der Waals surface area contributed by atoms with Crippen molar-refractivity contribution in [2.45, 2.75) is 39.7 Å². The smallest absolute Gasteiger partial charge is 0.227 e. The molecule has 2 aromatic rings. The Balaban J connectivity index is 1.81. The molecule has 25 heavy (non-hydrogen) atoms. The van der Waals surface area contributed by atoms with Crippen LogP contribution in [0.2, 0.25) is 0 Å². The van der Waals surface area contributed by atoms with E-state index < -0.39 is 0 Å². The van der Waals surface area contributed by atoms with Gasteiger partial charge in [0.2, 0.25) is 5.91 Å². The topological polar surface area (TPSA) is 50.2 Å². The van der Waals surface area contributed by atoms with E-state index in [2.05, 4.69) is 41.6 Å². The predicted octanol–water partition coefficient (Wildman–Crippen LogP) is 2.31. The maximum Gasteiger partial charge on any atom is 0.227 e. The fourth-order valence-corrected chi connectivity index (χ4v) is 3.60. The average molecular weight is 340 g/mol. The zero-order valence-corrected chi connectivity index (χ0v) is 15.7. The van der Waals surface area contributed by atoms with E-state index >= 15 is 0 Å². The molecule has 0 spiro atoms. The van der Waals surface area contributed by atoms with Crippen LogP contribution in [0, 0.1) is 13.8 Å². The Labute approximate surface area is 150 Å². The molecule has 5 heteroatoms. The van der Waals surface area contributed by atoms with Gasteiger partial charge in [-0.05, 0) is 31.4 Å². The lowest BCUT2D eigenvalue weighted by molar-refractivity contribution is -0.133. The van der Waals surface area contributed by atoms with Crippen molar-refractivity contribution in [3.05, 3.63) is 52.3 Å². The Bertz CT molecular complexity index is 748. The molecule has 134 valence electrons. The lowest BCUT2D eigenvalue weighted by atomic mass is 9.99. The van der Waals surface area contributed by atoms with Gasteiger partial charge in [0.05, 0.1) is 18.2 Å². The van der Waals surface area contributed by atoms with Gasteiger partial charge in [0.25, 0.3) is 0 Å². The highest BCUT2D eigenvalue weighted by Crippen LogP contribution is 2.24. The van der Waals surface area contributed by atoms with Gasteiger partial charge in [0, 0.05) is 37.9 Å². The number of aryl methyl sites for hydroxylation is 3. The number of piperazine rings is 1. The largest absolute Gasteiger partial charge is 0.333 e. The summed E-state index contributed by atoms with van der Waals surface area (Å²) in [6.07, 6.45) is 1.46. The highest BCUT2D eigenvalue weighted by Gasteiger charge is 2.28. The molecule has 1 N–H and O–H groups in total. The van der Waals surface area contributed by atoms with Gasteiger partial charge in [0.1, 0.15) is 0 Å². The Morgan fingerprint density at radius 3 is 2.60 bits per heavy atom. The molecule has 1 unspecified atom stereocenters.